The standard InChI is InChI=1S/C37H55N4O14PS/c1-6-50-34(43)19-38-56(46,39-20-35(44)51-7-2)24-54-28-10-8-26(9-11-28)18-31(40-37(45)55-33-23-53-36-30(33)16-17-52-36)32(42)22-41(21-25(3)4)57(47,48)29-14-12-27(49-5)13-15-29/h8-15,25,30-33,36,42H,6-7,16-24H2,1-5H3,(H,40,45)(H2,38,39,46)/t30-,31-,32+,33-,36+/m0/s1. The van der Waals surface area contributed by atoms with Crippen LogP contribution in [0.2, 0.25) is 0 Å². The van der Waals surface area contributed by atoms with Gasteiger partial charge >= 0.3 is 18.0 Å². The van der Waals surface area contributed by atoms with Gasteiger partial charge in [0.1, 0.15) is 30.7 Å². The highest BCUT2D eigenvalue weighted by Gasteiger charge is 2.44. The van der Waals surface area contributed by atoms with Crippen LogP contribution in [0.4, 0.5) is 4.79 Å². The number of nitrogens with zero attached hydrogens (tertiary/aromatic N) is 1. The summed E-state index contributed by atoms with van der Waals surface area (Å²) >= 11 is 0. The maximum atomic E-state index is 13.9. The van der Waals surface area contributed by atoms with Crippen LogP contribution < -0.4 is 25.0 Å². The fraction of sp³-hybridized carbons (Fsp3) is 0.595. The lowest BCUT2D eigenvalue weighted by atomic mass is 10.0. The highest BCUT2D eigenvalue weighted by molar-refractivity contribution is 7.89. The molecule has 0 saturated carbocycles. The molecule has 318 valence electrons. The van der Waals surface area contributed by atoms with Gasteiger partial charge in [-0.3, -0.25) is 14.2 Å². The monoisotopic (exact) mass is 842 g/mol. The molecule has 2 aromatic rings. The molecule has 0 radical (unpaired) electrons. The van der Waals surface area contributed by atoms with Crippen LogP contribution in [0, 0.1) is 11.8 Å². The van der Waals surface area contributed by atoms with E-state index in [1.807, 2.05) is 13.8 Å². The third kappa shape index (κ3) is 13.9. The summed E-state index contributed by atoms with van der Waals surface area (Å²) < 4.78 is 80.2. The van der Waals surface area contributed by atoms with Gasteiger partial charge in [0.15, 0.2) is 12.6 Å². The van der Waals surface area contributed by atoms with Crippen LogP contribution in [0.5, 0.6) is 11.5 Å². The van der Waals surface area contributed by atoms with E-state index in [2.05, 4.69) is 15.5 Å². The van der Waals surface area contributed by atoms with E-state index in [1.165, 1.54) is 35.7 Å². The fourth-order valence-corrected chi connectivity index (χ4v) is 9.18. The molecule has 4 N–H and O–H groups in total. The van der Waals surface area contributed by atoms with Gasteiger partial charge in [-0.25, -0.2) is 23.4 Å². The van der Waals surface area contributed by atoms with Crippen LogP contribution in [0.3, 0.4) is 0 Å². The van der Waals surface area contributed by atoms with Gasteiger partial charge in [-0.15, -0.1) is 0 Å². The summed E-state index contributed by atoms with van der Waals surface area (Å²) in [5, 5.41) is 19.7. The molecule has 57 heavy (non-hydrogen) atoms. The van der Waals surface area contributed by atoms with Crippen molar-refractivity contribution in [3.8, 4) is 11.5 Å². The number of esters is 2. The molecule has 20 heteroatoms. The molecule has 0 aliphatic carbocycles. The van der Waals surface area contributed by atoms with E-state index in [0.717, 1.165) is 0 Å². The zero-order valence-electron chi connectivity index (χ0n) is 32.9. The van der Waals surface area contributed by atoms with E-state index in [1.54, 1.807) is 38.1 Å². The Kier molecular flexibility index (Phi) is 17.6. The number of fused-ring (bicyclic) bond motifs is 1. The molecule has 5 atom stereocenters. The first-order chi connectivity index (χ1) is 27.2. The SMILES string of the molecule is CCOC(=O)CNP(=O)(COc1ccc(C[C@H](NC(=O)O[C@H]2CO[C@H]3OCC[C@H]32)[C@H](O)CN(CC(C)C)S(=O)(=O)c2ccc(OC)cc2)cc1)NCC(=O)OCC. The van der Waals surface area contributed by atoms with Gasteiger partial charge in [-0.05, 0) is 74.6 Å². The van der Waals surface area contributed by atoms with Gasteiger partial charge in [-0.2, -0.15) is 4.31 Å². The number of methoxy groups -OCH3 is 1. The maximum Gasteiger partial charge on any atom is 0.407 e. The molecule has 0 spiro atoms. The van der Waals surface area contributed by atoms with Crippen LogP contribution in [0.1, 0.15) is 39.7 Å². The number of benzene rings is 2. The normalized spacial score (nSPS) is 19.1. The Morgan fingerprint density at radius 1 is 0.930 bits per heavy atom. The Hall–Kier alpha value is -3.81. The highest BCUT2D eigenvalue weighted by Crippen LogP contribution is 2.36. The third-order valence-electron chi connectivity index (χ3n) is 9.03. The lowest BCUT2D eigenvalue weighted by Gasteiger charge is -2.31. The summed E-state index contributed by atoms with van der Waals surface area (Å²) in [6, 6.07) is 11.4. The number of nitrogens with one attached hydrogen (secondary N) is 3. The average Bonchev–Trinajstić information content (AvgIpc) is 3.81. The number of amides is 1. The molecule has 2 fully saturated rings. The Labute approximate surface area is 333 Å². The second-order valence-electron chi connectivity index (χ2n) is 13.8. The molecule has 2 saturated heterocycles. The lowest BCUT2D eigenvalue weighted by molar-refractivity contribution is -0.142. The minimum atomic E-state index is -4.09. The summed E-state index contributed by atoms with van der Waals surface area (Å²) in [5.74, 6) is -0.755. The summed E-state index contributed by atoms with van der Waals surface area (Å²) in [7, 11) is -6.29. The summed E-state index contributed by atoms with van der Waals surface area (Å²) in [6.07, 6.45) is -2.96. The third-order valence-corrected chi connectivity index (χ3v) is 12.7. The van der Waals surface area contributed by atoms with Crippen molar-refractivity contribution in [2.24, 2.45) is 11.8 Å². The van der Waals surface area contributed by atoms with Crippen molar-refractivity contribution in [2.45, 2.75) is 70.0 Å². The quantitative estimate of drug-likeness (QED) is 0.0717. The predicted molar refractivity (Wildman–Crippen MR) is 206 cm³/mol. The Morgan fingerprint density at radius 3 is 2.12 bits per heavy atom. The van der Waals surface area contributed by atoms with Gasteiger partial charge in [0.05, 0.1) is 56.5 Å². The first-order valence-corrected chi connectivity index (χ1v) is 22.1. The number of aliphatic hydroxyl groups is 1. The topological polar surface area (TPSA) is 227 Å². The number of alkyl carbamates (subject to hydrolysis) is 1. The number of rotatable bonds is 23. The molecule has 18 nitrogen and oxygen atoms in total. The lowest BCUT2D eigenvalue weighted by Crippen LogP contribution is -2.51. The van der Waals surface area contributed by atoms with E-state index >= 15 is 0 Å². The number of carbonyl (C=O) groups is 3. The molecule has 4 rings (SSSR count). The second-order valence-corrected chi connectivity index (χ2v) is 18.1. The van der Waals surface area contributed by atoms with Crippen molar-refractivity contribution >= 4 is 35.5 Å². The highest BCUT2D eigenvalue weighted by atomic mass is 32.2. The van der Waals surface area contributed by atoms with Crippen LogP contribution >= 0.6 is 7.44 Å². The van der Waals surface area contributed by atoms with Gasteiger partial charge < -0.3 is 43.6 Å². The van der Waals surface area contributed by atoms with E-state index in [0.29, 0.717) is 24.3 Å². The zero-order chi connectivity index (χ0) is 41.6. The number of ether oxygens (including phenoxy) is 7. The molecular weight excluding hydrogens is 787 g/mol. The van der Waals surface area contributed by atoms with Gasteiger partial charge in [0, 0.05) is 13.1 Å². The molecule has 0 bridgehead atoms. The number of sulfonamides is 1. The van der Waals surface area contributed by atoms with Crippen molar-refractivity contribution in [1.82, 2.24) is 19.8 Å². The van der Waals surface area contributed by atoms with Crippen LogP contribution in [-0.4, -0.2) is 126 Å². The van der Waals surface area contributed by atoms with E-state index in [4.69, 9.17) is 33.2 Å². The Bertz CT molecular complexity index is 1740. The predicted octanol–water partition coefficient (Wildman–Crippen LogP) is 2.64. The molecular formula is C37H55N4O14PS. The summed E-state index contributed by atoms with van der Waals surface area (Å²) in [5.41, 5.74) is 0.623. The van der Waals surface area contributed by atoms with Crippen molar-refractivity contribution in [3.63, 3.8) is 0 Å². The van der Waals surface area contributed by atoms with Crippen LogP contribution in [0.15, 0.2) is 53.4 Å². The van der Waals surface area contributed by atoms with Crippen molar-refractivity contribution in [1.29, 1.82) is 0 Å². The number of hydrogen-bond acceptors (Lipinski definition) is 14. The van der Waals surface area contributed by atoms with E-state index in [9.17, 15) is 32.5 Å². The summed E-state index contributed by atoms with van der Waals surface area (Å²) in [6.45, 7) is 6.81. The van der Waals surface area contributed by atoms with Crippen LogP contribution in [-0.2, 0) is 54.3 Å². The second kappa shape index (κ2) is 21.8. The summed E-state index contributed by atoms with van der Waals surface area (Å²) in [4.78, 5) is 37.2. The number of carbonyl (C=O) groups excluding carboxylic acids is 3. The molecule has 2 heterocycles. The number of hydrogen-bond donors (Lipinski definition) is 4. The van der Waals surface area contributed by atoms with E-state index < -0.39 is 79.5 Å². The zero-order valence-corrected chi connectivity index (χ0v) is 34.6. The van der Waals surface area contributed by atoms with Crippen molar-refractivity contribution in [2.75, 3.05) is 66.1 Å². The molecule has 2 aliphatic rings. The average molecular weight is 843 g/mol. The Balaban J connectivity index is 1.50. The first kappa shape index (κ1) is 45.9. The molecule has 0 unspecified atom stereocenters. The minimum absolute atomic E-state index is 0.0157. The van der Waals surface area contributed by atoms with Gasteiger partial charge in [0.25, 0.3) is 0 Å². The molecule has 2 aromatic carbocycles. The molecule has 2 aliphatic heterocycles. The molecule has 1 amide bonds. The van der Waals surface area contributed by atoms with Crippen molar-refractivity contribution in [3.05, 3.63) is 54.1 Å². The maximum absolute atomic E-state index is 13.9. The van der Waals surface area contributed by atoms with Gasteiger partial charge in [0.2, 0.25) is 17.5 Å². The van der Waals surface area contributed by atoms with Crippen LogP contribution in [0.25, 0.3) is 0 Å². The minimum Gasteiger partial charge on any atom is -0.497 e. The van der Waals surface area contributed by atoms with Crippen molar-refractivity contribution < 1.29 is 65.6 Å². The molecule has 0 aromatic heterocycles. The number of aliphatic hydroxyl groups excluding tert-OH is 1. The van der Waals surface area contributed by atoms with E-state index in [-0.39, 0.29) is 61.8 Å². The smallest absolute Gasteiger partial charge is 0.407 e. The fourth-order valence-electron chi connectivity index (χ4n) is 6.16. The largest absolute Gasteiger partial charge is 0.497 e. The van der Waals surface area contributed by atoms with Gasteiger partial charge in [-0.1, -0.05) is 26.0 Å². The first-order valence-electron chi connectivity index (χ1n) is 18.8. The Morgan fingerprint density at radius 2 is 1.54 bits per heavy atom.